The second-order valence-electron chi connectivity index (χ2n) is 7.00. The predicted octanol–water partition coefficient (Wildman–Crippen LogP) is 4.15. The molecule has 2 nitrogen and oxygen atoms in total. The second-order valence-corrected chi connectivity index (χ2v) is 7.00. The Balaban J connectivity index is 1.54. The Hall–Kier alpha value is -1.02. The van der Waals surface area contributed by atoms with Gasteiger partial charge in [-0.05, 0) is 36.3 Å². The van der Waals surface area contributed by atoms with Gasteiger partial charge in [0.25, 0.3) is 0 Å². The maximum atomic E-state index is 3.78. The van der Waals surface area contributed by atoms with Gasteiger partial charge in [0.05, 0.1) is 0 Å². The molecule has 1 unspecified atom stereocenters. The van der Waals surface area contributed by atoms with E-state index in [1.165, 1.54) is 56.3 Å². The quantitative estimate of drug-likeness (QED) is 0.860. The summed E-state index contributed by atoms with van der Waals surface area (Å²) in [5, 5.41) is 7.29. The summed E-state index contributed by atoms with van der Waals surface area (Å²) in [6, 6.07) is 8.80. The van der Waals surface area contributed by atoms with Crippen molar-refractivity contribution in [2.24, 2.45) is 5.41 Å². The van der Waals surface area contributed by atoms with Crippen LogP contribution in [0.5, 0.6) is 0 Å². The van der Waals surface area contributed by atoms with Crippen molar-refractivity contribution in [1.82, 2.24) is 5.32 Å². The van der Waals surface area contributed by atoms with Crippen LogP contribution in [-0.4, -0.2) is 19.6 Å². The Morgan fingerprint density at radius 1 is 1.20 bits per heavy atom. The molecule has 0 saturated heterocycles. The largest absolute Gasteiger partial charge is 0.385 e. The molecule has 0 bridgehead atoms. The Morgan fingerprint density at radius 3 is 2.85 bits per heavy atom. The van der Waals surface area contributed by atoms with Crippen molar-refractivity contribution in [2.45, 2.75) is 51.4 Å². The van der Waals surface area contributed by atoms with Gasteiger partial charge in [-0.15, -0.1) is 0 Å². The van der Waals surface area contributed by atoms with E-state index in [0.717, 1.165) is 13.1 Å². The standard InChI is InChI=1S/C18H28N2/c1-18(10-5-2-6-11-18)14-19-13-15-9-12-20-17-8-4-3-7-16(15)17/h3-4,7-8,15,19-20H,2,5-6,9-14H2,1H3. The lowest BCUT2D eigenvalue weighted by atomic mass is 9.75. The van der Waals surface area contributed by atoms with E-state index in [9.17, 15) is 0 Å². The normalized spacial score (nSPS) is 24.8. The molecule has 0 amide bonds. The van der Waals surface area contributed by atoms with Crippen LogP contribution in [-0.2, 0) is 0 Å². The number of anilines is 1. The minimum atomic E-state index is 0.546. The molecule has 110 valence electrons. The van der Waals surface area contributed by atoms with Gasteiger partial charge in [0.2, 0.25) is 0 Å². The second kappa shape index (κ2) is 6.17. The van der Waals surface area contributed by atoms with Crippen LogP contribution in [0, 0.1) is 5.41 Å². The molecule has 0 radical (unpaired) electrons. The van der Waals surface area contributed by atoms with Gasteiger partial charge in [0, 0.05) is 31.2 Å². The SMILES string of the molecule is CC1(CNCC2CCNc3ccccc32)CCCCC1. The van der Waals surface area contributed by atoms with E-state index in [0.29, 0.717) is 11.3 Å². The fourth-order valence-electron chi connectivity index (χ4n) is 3.89. The van der Waals surface area contributed by atoms with E-state index < -0.39 is 0 Å². The van der Waals surface area contributed by atoms with E-state index in [2.05, 4.69) is 41.8 Å². The van der Waals surface area contributed by atoms with Gasteiger partial charge in [-0.3, -0.25) is 0 Å². The smallest absolute Gasteiger partial charge is 0.0376 e. The summed E-state index contributed by atoms with van der Waals surface area (Å²) < 4.78 is 0. The summed E-state index contributed by atoms with van der Waals surface area (Å²) in [5.74, 6) is 0.680. The van der Waals surface area contributed by atoms with E-state index in [1.807, 2.05) is 0 Å². The third-order valence-corrected chi connectivity index (χ3v) is 5.21. The highest BCUT2D eigenvalue weighted by atomic mass is 14.9. The lowest BCUT2D eigenvalue weighted by Gasteiger charge is -2.35. The van der Waals surface area contributed by atoms with Crippen LogP contribution in [0.4, 0.5) is 5.69 Å². The number of hydrogen-bond donors (Lipinski definition) is 2. The summed E-state index contributed by atoms with van der Waals surface area (Å²) in [6.07, 6.45) is 8.35. The first-order chi connectivity index (χ1) is 9.77. The van der Waals surface area contributed by atoms with Crippen molar-refractivity contribution >= 4 is 5.69 Å². The van der Waals surface area contributed by atoms with Crippen LogP contribution >= 0.6 is 0 Å². The molecule has 2 aliphatic rings. The predicted molar refractivity (Wildman–Crippen MR) is 86.4 cm³/mol. The van der Waals surface area contributed by atoms with Crippen molar-refractivity contribution < 1.29 is 0 Å². The van der Waals surface area contributed by atoms with Crippen molar-refractivity contribution in [3.63, 3.8) is 0 Å². The van der Waals surface area contributed by atoms with Crippen LogP contribution in [0.3, 0.4) is 0 Å². The third-order valence-electron chi connectivity index (χ3n) is 5.21. The van der Waals surface area contributed by atoms with Gasteiger partial charge in [-0.25, -0.2) is 0 Å². The molecule has 1 aliphatic carbocycles. The van der Waals surface area contributed by atoms with Crippen molar-refractivity contribution in [3.8, 4) is 0 Å². The minimum absolute atomic E-state index is 0.546. The lowest BCUT2D eigenvalue weighted by molar-refractivity contribution is 0.206. The van der Waals surface area contributed by atoms with Crippen LogP contribution in [0.1, 0.15) is 56.9 Å². The summed E-state index contributed by atoms with van der Waals surface area (Å²) in [6.45, 7) is 5.91. The topological polar surface area (TPSA) is 24.1 Å². The molecule has 0 aromatic heterocycles. The average Bonchev–Trinajstić information content (AvgIpc) is 2.48. The van der Waals surface area contributed by atoms with Gasteiger partial charge < -0.3 is 10.6 Å². The number of hydrogen-bond acceptors (Lipinski definition) is 2. The van der Waals surface area contributed by atoms with E-state index in [-0.39, 0.29) is 0 Å². The highest BCUT2D eigenvalue weighted by molar-refractivity contribution is 5.54. The lowest BCUT2D eigenvalue weighted by Crippen LogP contribution is -2.36. The van der Waals surface area contributed by atoms with Crippen molar-refractivity contribution in [3.05, 3.63) is 29.8 Å². The van der Waals surface area contributed by atoms with E-state index in [4.69, 9.17) is 0 Å². The fourth-order valence-corrected chi connectivity index (χ4v) is 3.89. The first-order valence-corrected chi connectivity index (χ1v) is 8.30. The third kappa shape index (κ3) is 3.17. The molecular formula is C18H28N2. The first kappa shape index (κ1) is 13.9. The average molecular weight is 272 g/mol. The summed E-state index contributed by atoms with van der Waals surface area (Å²) in [7, 11) is 0. The number of para-hydroxylation sites is 1. The van der Waals surface area contributed by atoms with Gasteiger partial charge in [0.15, 0.2) is 0 Å². The highest BCUT2D eigenvalue weighted by Gasteiger charge is 2.27. The maximum absolute atomic E-state index is 3.78. The highest BCUT2D eigenvalue weighted by Crippen LogP contribution is 2.35. The van der Waals surface area contributed by atoms with Gasteiger partial charge in [0.1, 0.15) is 0 Å². The molecular weight excluding hydrogens is 244 g/mol. The van der Waals surface area contributed by atoms with E-state index in [1.54, 1.807) is 0 Å². The molecule has 3 rings (SSSR count). The Morgan fingerprint density at radius 2 is 2.00 bits per heavy atom. The summed E-state index contributed by atoms with van der Waals surface area (Å²) >= 11 is 0. The van der Waals surface area contributed by atoms with Gasteiger partial charge in [-0.2, -0.15) is 0 Å². The van der Waals surface area contributed by atoms with E-state index >= 15 is 0 Å². The number of nitrogens with one attached hydrogen (secondary N) is 2. The van der Waals surface area contributed by atoms with Crippen LogP contribution in [0.25, 0.3) is 0 Å². The van der Waals surface area contributed by atoms with Crippen LogP contribution in [0.15, 0.2) is 24.3 Å². The zero-order chi connectivity index (χ0) is 13.8. The van der Waals surface area contributed by atoms with Crippen LogP contribution in [0.2, 0.25) is 0 Å². The monoisotopic (exact) mass is 272 g/mol. The van der Waals surface area contributed by atoms with Crippen LogP contribution < -0.4 is 10.6 Å². The molecule has 20 heavy (non-hydrogen) atoms. The summed E-state index contributed by atoms with van der Waals surface area (Å²) in [4.78, 5) is 0. The van der Waals surface area contributed by atoms with Gasteiger partial charge in [-0.1, -0.05) is 44.4 Å². The first-order valence-electron chi connectivity index (χ1n) is 8.30. The molecule has 1 aromatic rings. The molecule has 1 fully saturated rings. The molecule has 0 spiro atoms. The number of rotatable bonds is 4. The Bertz CT molecular complexity index is 435. The Kier molecular flexibility index (Phi) is 4.30. The molecule has 2 N–H and O–H groups in total. The molecule has 2 heteroatoms. The molecule has 1 saturated carbocycles. The Labute approximate surface area is 123 Å². The molecule has 1 heterocycles. The molecule has 1 atom stereocenters. The molecule has 1 aromatic carbocycles. The van der Waals surface area contributed by atoms with Gasteiger partial charge >= 0.3 is 0 Å². The number of fused-ring (bicyclic) bond motifs is 1. The number of benzene rings is 1. The fraction of sp³-hybridized carbons (Fsp3) is 0.667. The van der Waals surface area contributed by atoms with Crippen molar-refractivity contribution in [1.29, 1.82) is 0 Å². The zero-order valence-corrected chi connectivity index (χ0v) is 12.8. The minimum Gasteiger partial charge on any atom is -0.385 e. The van der Waals surface area contributed by atoms with Crippen molar-refractivity contribution in [2.75, 3.05) is 25.0 Å². The molecule has 1 aliphatic heterocycles. The maximum Gasteiger partial charge on any atom is 0.0376 e. The summed E-state index contributed by atoms with van der Waals surface area (Å²) in [5.41, 5.74) is 3.39. The zero-order valence-electron chi connectivity index (χ0n) is 12.8.